The standard InChI is InChI=1S/C22H26N2O3S/c1-14-5-7-16(3)18(9-14)11-23-20-12-28(26,27)13-21(20)24(22(23)25)19-10-15(2)6-8-17(19)4/h5-10,20-21H,11-13H2,1-4H3/t20-,21+/m0/s1. The second-order valence-corrected chi connectivity index (χ2v) is 10.4. The van der Waals surface area contributed by atoms with Crippen LogP contribution in [0.2, 0.25) is 0 Å². The molecule has 0 saturated carbocycles. The summed E-state index contributed by atoms with van der Waals surface area (Å²) in [6.45, 7) is 8.44. The summed E-state index contributed by atoms with van der Waals surface area (Å²) < 4.78 is 24.9. The Kier molecular flexibility index (Phi) is 4.49. The minimum absolute atomic E-state index is 0.0279. The van der Waals surface area contributed by atoms with Crippen LogP contribution in [0.15, 0.2) is 36.4 Å². The SMILES string of the molecule is Cc1ccc(C)c(CN2C(=O)N(c3cc(C)ccc3C)[C@@H]3CS(=O)(=O)C[C@@H]32)c1. The monoisotopic (exact) mass is 398 g/mol. The lowest BCUT2D eigenvalue weighted by Gasteiger charge is -2.25. The second kappa shape index (κ2) is 6.62. The van der Waals surface area contributed by atoms with Crippen LogP contribution < -0.4 is 4.90 Å². The Morgan fingerprint density at radius 2 is 1.50 bits per heavy atom. The fourth-order valence-corrected chi connectivity index (χ4v) is 6.33. The Morgan fingerprint density at radius 3 is 2.21 bits per heavy atom. The van der Waals surface area contributed by atoms with Crippen LogP contribution in [0.5, 0.6) is 0 Å². The Balaban J connectivity index is 1.77. The number of nitrogens with zero attached hydrogens (tertiary/aromatic N) is 2. The van der Waals surface area contributed by atoms with Gasteiger partial charge in [0.15, 0.2) is 9.84 Å². The lowest BCUT2D eigenvalue weighted by atomic mass is 10.0. The molecular weight excluding hydrogens is 372 g/mol. The number of sulfone groups is 1. The van der Waals surface area contributed by atoms with E-state index in [1.54, 1.807) is 9.80 Å². The zero-order chi connectivity index (χ0) is 20.2. The van der Waals surface area contributed by atoms with Crippen molar-refractivity contribution in [2.24, 2.45) is 0 Å². The van der Waals surface area contributed by atoms with Gasteiger partial charge in [0.1, 0.15) is 0 Å². The van der Waals surface area contributed by atoms with Crippen molar-refractivity contribution in [2.75, 3.05) is 16.4 Å². The van der Waals surface area contributed by atoms with E-state index in [4.69, 9.17) is 0 Å². The summed E-state index contributed by atoms with van der Waals surface area (Å²) in [4.78, 5) is 16.9. The van der Waals surface area contributed by atoms with E-state index in [0.29, 0.717) is 6.54 Å². The highest BCUT2D eigenvalue weighted by Gasteiger charge is 2.54. The first-order chi connectivity index (χ1) is 13.2. The number of amides is 2. The van der Waals surface area contributed by atoms with Gasteiger partial charge in [-0.25, -0.2) is 13.2 Å². The molecule has 0 N–H and O–H groups in total. The third-order valence-electron chi connectivity index (χ3n) is 5.95. The van der Waals surface area contributed by atoms with E-state index in [1.165, 1.54) is 0 Å². The highest BCUT2D eigenvalue weighted by molar-refractivity contribution is 7.91. The molecule has 2 fully saturated rings. The van der Waals surface area contributed by atoms with E-state index in [-0.39, 0.29) is 29.6 Å². The summed E-state index contributed by atoms with van der Waals surface area (Å²) in [6, 6.07) is 11.4. The molecule has 0 radical (unpaired) electrons. The number of hydrogen-bond donors (Lipinski definition) is 0. The molecule has 0 aromatic heterocycles. The van der Waals surface area contributed by atoms with E-state index in [9.17, 15) is 13.2 Å². The summed E-state index contributed by atoms with van der Waals surface area (Å²) in [5.74, 6) is 0.0652. The molecule has 2 aliphatic heterocycles. The number of carbonyl (C=O) groups is 1. The van der Waals surface area contributed by atoms with Gasteiger partial charge in [0.25, 0.3) is 0 Å². The van der Waals surface area contributed by atoms with Crippen molar-refractivity contribution in [3.05, 3.63) is 64.2 Å². The molecule has 2 atom stereocenters. The fraction of sp³-hybridized carbons (Fsp3) is 0.409. The normalized spacial score (nSPS) is 23.4. The lowest BCUT2D eigenvalue weighted by molar-refractivity contribution is 0.205. The van der Waals surface area contributed by atoms with Gasteiger partial charge in [0, 0.05) is 12.2 Å². The summed E-state index contributed by atoms with van der Waals surface area (Å²) in [6.07, 6.45) is 0. The van der Waals surface area contributed by atoms with Crippen molar-refractivity contribution in [2.45, 2.75) is 46.3 Å². The first-order valence-electron chi connectivity index (χ1n) is 9.60. The average Bonchev–Trinajstić information content (AvgIpc) is 3.04. The van der Waals surface area contributed by atoms with Crippen LogP contribution in [0, 0.1) is 27.7 Å². The molecule has 2 aromatic rings. The van der Waals surface area contributed by atoms with Gasteiger partial charge in [-0.2, -0.15) is 0 Å². The van der Waals surface area contributed by atoms with Crippen molar-refractivity contribution in [3.63, 3.8) is 0 Å². The second-order valence-electron chi connectivity index (χ2n) is 8.21. The number of benzene rings is 2. The number of carbonyl (C=O) groups excluding carboxylic acids is 1. The molecule has 6 heteroatoms. The minimum Gasteiger partial charge on any atom is -0.314 e. The maximum absolute atomic E-state index is 13.5. The maximum Gasteiger partial charge on any atom is 0.325 e. The van der Waals surface area contributed by atoms with Crippen molar-refractivity contribution in [3.8, 4) is 0 Å². The Bertz CT molecular complexity index is 1060. The van der Waals surface area contributed by atoms with E-state index in [2.05, 4.69) is 18.2 Å². The number of urea groups is 1. The summed E-state index contributed by atoms with van der Waals surface area (Å²) in [5, 5.41) is 0. The van der Waals surface area contributed by atoms with Gasteiger partial charge in [-0.3, -0.25) is 4.90 Å². The predicted octanol–water partition coefficient (Wildman–Crippen LogP) is 3.53. The van der Waals surface area contributed by atoms with Crippen LogP contribution in [0.4, 0.5) is 10.5 Å². The largest absolute Gasteiger partial charge is 0.325 e. The number of hydrogen-bond acceptors (Lipinski definition) is 3. The number of fused-ring (bicyclic) bond motifs is 1. The molecule has 4 rings (SSSR count). The van der Waals surface area contributed by atoms with E-state index in [0.717, 1.165) is 33.5 Å². The van der Waals surface area contributed by atoms with Gasteiger partial charge in [-0.15, -0.1) is 0 Å². The van der Waals surface area contributed by atoms with E-state index < -0.39 is 9.84 Å². The first-order valence-corrected chi connectivity index (χ1v) is 11.4. The van der Waals surface area contributed by atoms with Crippen LogP contribution in [0.25, 0.3) is 0 Å². The van der Waals surface area contributed by atoms with Gasteiger partial charge < -0.3 is 4.90 Å². The molecule has 2 aromatic carbocycles. The zero-order valence-electron chi connectivity index (χ0n) is 16.8. The molecule has 28 heavy (non-hydrogen) atoms. The van der Waals surface area contributed by atoms with Gasteiger partial charge in [-0.05, 0) is 56.0 Å². The fourth-order valence-electron chi connectivity index (χ4n) is 4.38. The Morgan fingerprint density at radius 1 is 0.893 bits per heavy atom. The molecule has 0 spiro atoms. The van der Waals surface area contributed by atoms with Gasteiger partial charge in [-0.1, -0.05) is 35.9 Å². The van der Waals surface area contributed by atoms with Crippen molar-refractivity contribution >= 4 is 21.6 Å². The number of aryl methyl sites for hydroxylation is 4. The molecule has 0 aliphatic carbocycles. The molecule has 0 bridgehead atoms. The van der Waals surface area contributed by atoms with Crippen LogP contribution in [-0.2, 0) is 16.4 Å². The van der Waals surface area contributed by atoms with Crippen LogP contribution >= 0.6 is 0 Å². The van der Waals surface area contributed by atoms with Crippen LogP contribution in [0.1, 0.15) is 27.8 Å². The predicted molar refractivity (Wildman–Crippen MR) is 111 cm³/mol. The van der Waals surface area contributed by atoms with Crippen molar-refractivity contribution in [1.82, 2.24) is 4.90 Å². The van der Waals surface area contributed by atoms with E-state index in [1.807, 2.05) is 45.9 Å². The number of anilines is 1. The molecule has 2 heterocycles. The first kappa shape index (κ1) is 19.0. The summed E-state index contributed by atoms with van der Waals surface area (Å²) in [7, 11) is -3.17. The van der Waals surface area contributed by atoms with Crippen molar-refractivity contribution < 1.29 is 13.2 Å². The van der Waals surface area contributed by atoms with Crippen LogP contribution in [0.3, 0.4) is 0 Å². The molecular formula is C22H26N2O3S. The zero-order valence-corrected chi connectivity index (χ0v) is 17.6. The topological polar surface area (TPSA) is 57.7 Å². The average molecular weight is 399 g/mol. The van der Waals surface area contributed by atoms with Gasteiger partial charge in [0.2, 0.25) is 0 Å². The van der Waals surface area contributed by atoms with Gasteiger partial charge in [0.05, 0.1) is 23.6 Å². The summed E-state index contributed by atoms with van der Waals surface area (Å²) in [5.41, 5.74) is 6.17. The highest BCUT2D eigenvalue weighted by Crippen LogP contribution is 2.37. The molecule has 148 valence electrons. The van der Waals surface area contributed by atoms with Crippen molar-refractivity contribution in [1.29, 1.82) is 0 Å². The molecule has 2 saturated heterocycles. The summed E-state index contributed by atoms with van der Waals surface area (Å²) >= 11 is 0. The highest BCUT2D eigenvalue weighted by atomic mass is 32.2. The Labute approximate surface area is 166 Å². The lowest BCUT2D eigenvalue weighted by Crippen LogP contribution is -2.38. The molecule has 0 unspecified atom stereocenters. The quantitative estimate of drug-likeness (QED) is 0.743. The third-order valence-corrected chi connectivity index (χ3v) is 7.65. The van der Waals surface area contributed by atoms with E-state index >= 15 is 0 Å². The van der Waals surface area contributed by atoms with Crippen LogP contribution in [-0.4, -0.2) is 42.9 Å². The molecule has 2 amide bonds. The smallest absolute Gasteiger partial charge is 0.314 e. The van der Waals surface area contributed by atoms with Gasteiger partial charge >= 0.3 is 6.03 Å². The number of rotatable bonds is 3. The third kappa shape index (κ3) is 3.20. The molecule has 2 aliphatic rings. The molecule has 5 nitrogen and oxygen atoms in total. The minimum atomic E-state index is -3.17. The Hall–Kier alpha value is -2.34. The maximum atomic E-state index is 13.5.